The van der Waals surface area contributed by atoms with Gasteiger partial charge in [-0.1, -0.05) is 66.9 Å². The average Bonchev–Trinajstić information content (AvgIpc) is 2.71. The van der Waals surface area contributed by atoms with Crippen molar-refractivity contribution in [2.45, 2.75) is 58.7 Å². The first kappa shape index (κ1) is 25.0. The van der Waals surface area contributed by atoms with Gasteiger partial charge in [0.25, 0.3) is 0 Å². The van der Waals surface area contributed by atoms with Crippen LogP contribution in [0.5, 0.6) is 0 Å². The number of nitrogens with zero attached hydrogens (tertiary/aromatic N) is 1. The molecule has 31 heavy (non-hydrogen) atoms. The van der Waals surface area contributed by atoms with Crippen molar-refractivity contribution >= 4 is 35.2 Å². The number of amides is 2. The van der Waals surface area contributed by atoms with Gasteiger partial charge < -0.3 is 10.1 Å². The van der Waals surface area contributed by atoms with Crippen molar-refractivity contribution in [1.82, 2.24) is 10.2 Å². The van der Waals surface area contributed by atoms with Crippen molar-refractivity contribution < 1.29 is 14.3 Å². The van der Waals surface area contributed by atoms with Crippen molar-refractivity contribution in [3.63, 3.8) is 0 Å². The number of nitrogens with one attached hydrogen (secondary N) is 1. The zero-order valence-electron chi connectivity index (χ0n) is 18.7. The zero-order chi connectivity index (χ0) is 23.2. The Bertz CT molecular complexity index is 908. The van der Waals surface area contributed by atoms with E-state index in [2.05, 4.69) is 5.32 Å². The van der Waals surface area contributed by atoms with E-state index in [9.17, 15) is 9.59 Å². The molecule has 2 aromatic carbocycles. The number of ether oxygens (including phenoxy) is 1. The number of hydrogen-bond donors (Lipinski definition) is 1. The molecule has 168 valence electrons. The van der Waals surface area contributed by atoms with Gasteiger partial charge in [-0.3, -0.25) is 9.69 Å². The Morgan fingerprint density at radius 2 is 1.65 bits per heavy atom. The van der Waals surface area contributed by atoms with Gasteiger partial charge in [0.1, 0.15) is 11.6 Å². The molecule has 2 rings (SSSR count). The van der Waals surface area contributed by atoms with E-state index in [-0.39, 0.29) is 5.91 Å². The van der Waals surface area contributed by atoms with Crippen LogP contribution in [0.1, 0.15) is 46.1 Å². The lowest BCUT2D eigenvalue weighted by molar-refractivity contribution is -0.126. The standard InChI is InChI=1S/C24H30Cl2N2O3/c1-6-7-21(28(5)23(30)31-24(2,3)4)22(29)27-15-16-8-10-17(11-9-16)18-12-13-19(25)20(26)14-18/h8-14,21H,6-7,15H2,1-5H3,(H,27,29)/t21-/m0/s1. The number of benzene rings is 2. The fourth-order valence-electron chi connectivity index (χ4n) is 3.03. The topological polar surface area (TPSA) is 58.6 Å². The van der Waals surface area contributed by atoms with Crippen LogP contribution in [0.15, 0.2) is 42.5 Å². The quantitative estimate of drug-likeness (QED) is 0.521. The predicted molar refractivity (Wildman–Crippen MR) is 126 cm³/mol. The fraction of sp³-hybridized carbons (Fsp3) is 0.417. The molecule has 0 saturated heterocycles. The lowest BCUT2D eigenvalue weighted by Gasteiger charge is -2.30. The van der Waals surface area contributed by atoms with Crippen LogP contribution in [-0.2, 0) is 16.1 Å². The van der Waals surface area contributed by atoms with Crippen LogP contribution in [0, 0.1) is 0 Å². The second-order valence-corrected chi connectivity index (χ2v) is 9.25. The molecule has 0 heterocycles. The van der Waals surface area contributed by atoms with E-state index < -0.39 is 17.7 Å². The van der Waals surface area contributed by atoms with Crippen molar-refractivity contribution in [2.75, 3.05) is 7.05 Å². The monoisotopic (exact) mass is 464 g/mol. The summed E-state index contributed by atoms with van der Waals surface area (Å²) in [5.41, 5.74) is 2.30. The van der Waals surface area contributed by atoms with Crippen LogP contribution in [-0.4, -0.2) is 35.6 Å². The summed E-state index contributed by atoms with van der Waals surface area (Å²) >= 11 is 12.1. The average molecular weight is 465 g/mol. The first-order valence-corrected chi connectivity index (χ1v) is 11.0. The largest absolute Gasteiger partial charge is 0.444 e. The molecule has 0 aliphatic carbocycles. The third-order valence-electron chi connectivity index (χ3n) is 4.69. The summed E-state index contributed by atoms with van der Waals surface area (Å²) in [5.74, 6) is -0.205. The molecule has 5 nitrogen and oxygen atoms in total. The van der Waals surface area contributed by atoms with Gasteiger partial charge in [0.05, 0.1) is 10.0 Å². The summed E-state index contributed by atoms with van der Waals surface area (Å²) in [5, 5.41) is 3.95. The molecule has 0 radical (unpaired) electrons. The molecule has 2 aromatic rings. The first-order valence-electron chi connectivity index (χ1n) is 10.3. The molecule has 1 atom stereocenters. The minimum absolute atomic E-state index is 0.205. The van der Waals surface area contributed by atoms with Crippen molar-refractivity contribution in [3.8, 4) is 11.1 Å². The Kier molecular flexibility index (Phi) is 8.78. The van der Waals surface area contributed by atoms with Gasteiger partial charge in [-0.05, 0) is 56.0 Å². The van der Waals surface area contributed by atoms with Gasteiger partial charge in [-0.25, -0.2) is 4.79 Å². The highest BCUT2D eigenvalue weighted by Crippen LogP contribution is 2.28. The molecule has 0 spiro atoms. The van der Waals surface area contributed by atoms with E-state index in [0.29, 0.717) is 23.0 Å². The second kappa shape index (κ2) is 10.9. The Labute approximate surface area is 194 Å². The first-order chi connectivity index (χ1) is 14.5. The fourth-order valence-corrected chi connectivity index (χ4v) is 3.33. The van der Waals surface area contributed by atoms with Gasteiger partial charge >= 0.3 is 6.09 Å². The van der Waals surface area contributed by atoms with Crippen LogP contribution in [0.25, 0.3) is 11.1 Å². The summed E-state index contributed by atoms with van der Waals surface area (Å²) in [7, 11) is 1.60. The summed E-state index contributed by atoms with van der Waals surface area (Å²) in [6.07, 6.45) is 0.814. The van der Waals surface area contributed by atoms with Crippen LogP contribution >= 0.6 is 23.2 Å². The third kappa shape index (κ3) is 7.44. The Morgan fingerprint density at radius 3 is 2.19 bits per heavy atom. The van der Waals surface area contributed by atoms with Crippen molar-refractivity contribution in [3.05, 3.63) is 58.1 Å². The van der Waals surface area contributed by atoms with E-state index in [4.69, 9.17) is 27.9 Å². The highest BCUT2D eigenvalue weighted by atomic mass is 35.5. The van der Waals surface area contributed by atoms with Gasteiger partial charge in [-0.15, -0.1) is 0 Å². The molecule has 0 aliphatic heterocycles. The summed E-state index contributed by atoms with van der Waals surface area (Å²) in [6, 6.07) is 12.7. The molecule has 0 aliphatic rings. The predicted octanol–water partition coefficient (Wildman–Crippen LogP) is 6.31. The second-order valence-electron chi connectivity index (χ2n) is 8.44. The number of carbonyl (C=O) groups excluding carboxylic acids is 2. The van der Waals surface area contributed by atoms with Crippen LogP contribution in [0.2, 0.25) is 10.0 Å². The van der Waals surface area contributed by atoms with Crippen LogP contribution < -0.4 is 5.32 Å². The van der Waals surface area contributed by atoms with E-state index >= 15 is 0 Å². The van der Waals surface area contributed by atoms with Gasteiger partial charge in [-0.2, -0.15) is 0 Å². The molecule has 2 amide bonds. The lowest BCUT2D eigenvalue weighted by atomic mass is 10.0. The number of rotatable bonds is 7. The molecule has 1 N–H and O–H groups in total. The number of carbonyl (C=O) groups is 2. The van der Waals surface area contributed by atoms with Gasteiger partial charge in [0, 0.05) is 13.6 Å². The normalized spacial score (nSPS) is 12.2. The van der Waals surface area contributed by atoms with E-state index in [1.807, 2.05) is 43.3 Å². The van der Waals surface area contributed by atoms with Crippen LogP contribution in [0.4, 0.5) is 4.79 Å². The van der Waals surface area contributed by atoms with Gasteiger partial charge in [0.2, 0.25) is 5.91 Å². The minimum atomic E-state index is -0.616. The smallest absolute Gasteiger partial charge is 0.410 e. The van der Waals surface area contributed by atoms with Crippen LogP contribution in [0.3, 0.4) is 0 Å². The number of halogens is 2. The molecule has 0 fully saturated rings. The molecular weight excluding hydrogens is 435 g/mol. The van der Waals surface area contributed by atoms with Gasteiger partial charge in [0.15, 0.2) is 0 Å². The molecule has 0 unspecified atom stereocenters. The van der Waals surface area contributed by atoms with E-state index in [0.717, 1.165) is 23.1 Å². The molecule has 0 saturated carbocycles. The Hall–Kier alpha value is -2.24. The number of likely N-dealkylation sites (N-methyl/N-ethyl adjacent to an activating group) is 1. The van der Waals surface area contributed by atoms with E-state index in [1.54, 1.807) is 33.9 Å². The Morgan fingerprint density at radius 1 is 1.03 bits per heavy atom. The molecular formula is C24H30Cl2N2O3. The maximum absolute atomic E-state index is 12.8. The van der Waals surface area contributed by atoms with Crippen molar-refractivity contribution in [2.24, 2.45) is 0 Å². The highest BCUT2D eigenvalue weighted by Gasteiger charge is 2.29. The minimum Gasteiger partial charge on any atom is -0.444 e. The summed E-state index contributed by atoms with van der Waals surface area (Å²) < 4.78 is 5.40. The third-order valence-corrected chi connectivity index (χ3v) is 5.43. The maximum Gasteiger partial charge on any atom is 0.410 e. The highest BCUT2D eigenvalue weighted by molar-refractivity contribution is 6.42. The SMILES string of the molecule is CCC[C@@H](C(=O)NCc1ccc(-c2ccc(Cl)c(Cl)c2)cc1)N(C)C(=O)OC(C)(C)C. The molecule has 0 bridgehead atoms. The summed E-state index contributed by atoms with van der Waals surface area (Å²) in [4.78, 5) is 26.5. The summed E-state index contributed by atoms with van der Waals surface area (Å²) in [6.45, 7) is 7.74. The lowest BCUT2D eigenvalue weighted by Crippen LogP contribution is -2.48. The number of hydrogen-bond acceptors (Lipinski definition) is 3. The molecule has 0 aromatic heterocycles. The van der Waals surface area contributed by atoms with E-state index in [1.165, 1.54) is 4.90 Å². The molecule has 7 heteroatoms. The van der Waals surface area contributed by atoms with Crippen molar-refractivity contribution in [1.29, 1.82) is 0 Å². The zero-order valence-corrected chi connectivity index (χ0v) is 20.2. The Balaban J connectivity index is 2.01. The maximum atomic E-state index is 12.8.